The largest absolute Gasteiger partial charge is 0.484 e. The number of hydrogen-bond donors (Lipinski definition) is 2. The molecule has 9 heteroatoms. The van der Waals surface area contributed by atoms with Gasteiger partial charge in [-0.15, -0.1) is 0 Å². The van der Waals surface area contributed by atoms with E-state index in [1.165, 1.54) is 6.07 Å². The molecule has 1 heterocycles. The van der Waals surface area contributed by atoms with Crippen LogP contribution in [0.3, 0.4) is 0 Å². The van der Waals surface area contributed by atoms with Crippen LogP contribution in [0, 0.1) is 0 Å². The number of alkyl halides is 4. The molecule has 0 aliphatic rings. The highest BCUT2D eigenvalue weighted by Crippen LogP contribution is 2.24. The van der Waals surface area contributed by atoms with Crippen LogP contribution >= 0.6 is 22.6 Å². The lowest BCUT2D eigenvalue weighted by atomic mass is 10.1. The molecule has 1 rings (SSSR count). The summed E-state index contributed by atoms with van der Waals surface area (Å²) < 4.78 is 42.5. The number of carbonyl (C=O) groups is 2. The van der Waals surface area contributed by atoms with Crippen molar-refractivity contribution >= 4 is 34.3 Å². The summed E-state index contributed by atoms with van der Waals surface area (Å²) in [6, 6.07) is 1.20. The Morgan fingerprint density at radius 3 is 2.65 bits per heavy atom. The smallest absolute Gasteiger partial charge is 0.405 e. The Kier molecular flexibility index (Phi) is 8.12. The first-order chi connectivity index (χ1) is 12.1. The zero-order chi connectivity index (χ0) is 19.9. The lowest BCUT2D eigenvalue weighted by molar-refractivity contribution is -0.123. The number of aromatic nitrogens is 1. The molecule has 0 spiro atoms. The van der Waals surface area contributed by atoms with E-state index < -0.39 is 24.7 Å². The number of H-pyrrole nitrogens is 1. The molecule has 0 aliphatic carbocycles. The van der Waals surface area contributed by atoms with Gasteiger partial charge in [0.1, 0.15) is 29.8 Å². The highest BCUT2D eigenvalue weighted by atomic mass is 127. The third kappa shape index (κ3) is 6.70. The molecule has 26 heavy (non-hydrogen) atoms. The first kappa shape index (κ1) is 22.0. The molecule has 0 bridgehead atoms. The predicted molar refractivity (Wildman–Crippen MR) is 101 cm³/mol. The molecule has 0 fully saturated rings. The number of aromatic amines is 1. The van der Waals surface area contributed by atoms with Crippen molar-refractivity contribution < 1.29 is 27.5 Å². The normalized spacial score (nSPS) is 12.7. The summed E-state index contributed by atoms with van der Waals surface area (Å²) in [5.41, 5.74) is 0.405. The Hall–Kier alpha value is -2.04. The van der Waals surface area contributed by atoms with Gasteiger partial charge in [0.15, 0.2) is 5.78 Å². The SMILES string of the molecule is C=C/C=C\C(=C)C(C)Oc1cc(C(=O)NCC(F)(F)F)[nH]c1C(=O)CI. The van der Waals surface area contributed by atoms with E-state index >= 15 is 0 Å². The minimum Gasteiger partial charge on any atom is -0.484 e. The topological polar surface area (TPSA) is 71.2 Å². The van der Waals surface area contributed by atoms with Gasteiger partial charge in [-0.1, -0.05) is 54.0 Å². The molecule has 1 atom stereocenters. The molecule has 5 nitrogen and oxygen atoms in total. The average molecular weight is 482 g/mol. The summed E-state index contributed by atoms with van der Waals surface area (Å²) >= 11 is 1.84. The number of ether oxygens (including phenoxy) is 1. The number of amides is 1. The van der Waals surface area contributed by atoms with Gasteiger partial charge in [0, 0.05) is 6.07 Å². The summed E-state index contributed by atoms with van der Waals surface area (Å²) in [6.07, 6.45) is -0.184. The predicted octanol–water partition coefficient (Wildman–Crippen LogP) is 3.99. The molecule has 1 aromatic rings. The third-order valence-electron chi connectivity index (χ3n) is 3.15. The number of ketones is 1. The van der Waals surface area contributed by atoms with Crippen LogP contribution in [-0.4, -0.2) is 39.9 Å². The van der Waals surface area contributed by atoms with Crippen molar-refractivity contribution in [2.45, 2.75) is 19.2 Å². The highest BCUT2D eigenvalue weighted by molar-refractivity contribution is 14.1. The maximum Gasteiger partial charge on any atom is 0.405 e. The molecular weight excluding hydrogens is 464 g/mol. The van der Waals surface area contributed by atoms with Crippen molar-refractivity contribution in [3.05, 3.63) is 54.4 Å². The lowest BCUT2D eigenvalue weighted by Gasteiger charge is -2.14. The number of nitrogens with one attached hydrogen (secondary N) is 2. The number of allylic oxidation sites excluding steroid dienone is 2. The van der Waals surface area contributed by atoms with Crippen LogP contribution in [0.5, 0.6) is 5.75 Å². The van der Waals surface area contributed by atoms with E-state index in [1.807, 2.05) is 22.6 Å². The molecule has 2 N–H and O–H groups in total. The number of Topliss-reactive ketones (excluding diaryl/α,β-unsaturated/α-hetero) is 1. The van der Waals surface area contributed by atoms with Crippen molar-refractivity contribution in [1.82, 2.24) is 10.3 Å². The molecule has 0 radical (unpaired) electrons. The van der Waals surface area contributed by atoms with E-state index in [-0.39, 0.29) is 27.3 Å². The average Bonchev–Trinajstić information content (AvgIpc) is 2.99. The van der Waals surface area contributed by atoms with E-state index in [0.29, 0.717) is 5.57 Å². The number of hydrogen-bond acceptors (Lipinski definition) is 3. The van der Waals surface area contributed by atoms with Gasteiger partial charge in [-0.25, -0.2) is 0 Å². The summed E-state index contributed by atoms with van der Waals surface area (Å²) in [6.45, 7) is 7.57. The molecule has 1 unspecified atom stereocenters. The van der Waals surface area contributed by atoms with Crippen molar-refractivity contribution in [1.29, 1.82) is 0 Å². The van der Waals surface area contributed by atoms with Gasteiger partial charge in [-0.05, 0) is 12.5 Å². The van der Waals surface area contributed by atoms with Crippen LogP contribution in [0.1, 0.15) is 27.9 Å². The minimum atomic E-state index is -4.54. The van der Waals surface area contributed by atoms with Crippen LogP contribution in [0.25, 0.3) is 0 Å². The van der Waals surface area contributed by atoms with Crippen LogP contribution in [0.4, 0.5) is 13.2 Å². The van der Waals surface area contributed by atoms with E-state index in [1.54, 1.807) is 30.5 Å². The van der Waals surface area contributed by atoms with Gasteiger partial charge in [0.05, 0.1) is 4.43 Å². The maximum atomic E-state index is 12.2. The molecule has 0 saturated carbocycles. The first-order valence-corrected chi connectivity index (χ1v) is 8.93. The van der Waals surface area contributed by atoms with Crippen molar-refractivity contribution in [3.63, 3.8) is 0 Å². The quantitative estimate of drug-likeness (QED) is 0.242. The monoisotopic (exact) mass is 482 g/mol. The third-order valence-corrected chi connectivity index (χ3v) is 3.84. The van der Waals surface area contributed by atoms with Crippen LogP contribution < -0.4 is 10.1 Å². The Morgan fingerprint density at radius 1 is 1.46 bits per heavy atom. The van der Waals surface area contributed by atoms with Gasteiger partial charge in [-0.2, -0.15) is 13.2 Å². The lowest BCUT2D eigenvalue weighted by Crippen LogP contribution is -2.33. The molecule has 0 aliphatic heterocycles. The van der Waals surface area contributed by atoms with Gasteiger partial charge >= 0.3 is 6.18 Å². The van der Waals surface area contributed by atoms with Gasteiger partial charge in [0.25, 0.3) is 5.91 Å². The molecule has 1 amide bonds. The fourth-order valence-electron chi connectivity index (χ4n) is 1.79. The Labute approximate surface area is 162 Å². The summed E-state index contributed by atoms with van der Waals surface area (Å²) in [5.74, 6) is -1.27. The second kappa shape index (κ2) is 9.60. The van der Waals surface area contributed by atoms with Crippen LogP contribution in [0.2, 0.25) is 0 Å². The van der Waals surface area contributed by atoms with Crippen LogP contribution in [-0.2, 0) is 0 Å². The number of carbonyl (C=O) groups excluding carboxylic acids is 2. The van der Waals surface area contributed by atoms with E-state index in [2.05, 4.69) is 18.1 Å². The minimum absolute atomic E-state index is 0.0175. The van der Waals surface area contributed by atoms with Crippen molar-refractivity contribution in [3.8, 4) is 5.75 Å². The maximum absolute atomic E-state index is 12.2. The number of rotatable bonds is 9. The molecule has 142 valence electrons. The standard InChI is InChI=1S/C17H18F3IN2O3/c1-4-5-6-10(2)11(3)26-14-7-12(23-15(14)13(24)8-21)16(25)22-9-17(18,19)20/h4-7,11,23H,1-2,8-9H2,3H3,(H,22,25)/b6-5-. The Bertz CT molecular complexity index is 723. The fraction of sp³-hybridized carbons (Fsp3) is 0.294. The molecular formula is C17H18F3IN2O3. The van der Waals surface area contributed by atoms with Crippen molar-refractivity contribution in [2.24, 2.45) is 0 Å². The second-order valence-corrected chi connectivity index (χ2v) is 5.97. The fourth-order valence-corrected chi connectivity index (χ4v) is 2.18. The summed E-state index contributed by atoms with van der Waals surface area (Å²) in [7, 11) is 0. The highest BCUT2D eigenvalue weighted by Gasteiger charge is 2.29. The molecule has 1 aromatic heterocycles. The van der Waals surface area contributed by atoms with Gasteiger partial charge in [-0.3, -0.25) is 9.59 Å². The first-order valence-electron chi connectivity index (χ1n) is 7.40. The van der Waals surface area contributed by atoms with E-state index in [0.717, 1.165) is 0 Å². The summed E-state index contributed by atoms with van der Waals surface area (Å²) in [5, 5.41) is 1.74. The van der Waals surface area contributed by atoms with Crippen molar-refractivity contribution in [2.75, 3.05) is 11.0 Å². The van der Waals surface area contributed by atoms with E-state index in [9.17, 15) is 22.8 Å². The summed E-state index contributed by atoms with van der Waals surface area (Å²) in [4.78, 5) is 26.4. The van der Waals surface area contributed by atoms with Crippen LogP contribution in [0.15, 0.2) is 43.0 Å². The van der Waals surface area contributed by atoms with Gasteiger partial charge < -0.3 is 15.0 Å². The van der Waals surface area contributed by atoms with E-state index in [4.69, 9.17) is 4.74 Å². The second-order valence-electron chi connectivity index (χ2n) is 5.21. The zero-order valence-corrected chi connectivity index (χ0v) is 16.1. The van der Waals surface area contributed by atoms with Gasteiger partial charge in [0.2, 0.25) is 0 Å². The molecule has 0 saturated heterocycles. The molecule has 0 aromatic carbocycles. The zero-order valence-electron chi connectivity index (χ0n) is 14.0. The Balaban J connectivity index is 3.03. The Morgan fingerprint density at radius 2 is 2.12 bits per heavy atom. The number of halogens is 4.